The number of anilines is 1. The van der Waals surface area contributed by atoms with Crippen LogP contribution in [0.1, 0.15) is 31.9 Å². The zero-order valence-electron chi connectivity index (χ0n) is 23.0. The Balaban J connectivity index is 2.13. The van der Waals surface area contributed by atoms with Gasteiger partial charge in [-0.05, 0) is 69.7 Å². The molecular formula is C29H33Cl2N3O5S. The lowest BCUT2D eigenvalue weighted by Crippen LogP contribution is -2.52. The third kappa shape index (κ3) is 7.27. The summed E-state index contributed by atoms with van der Waals surface area (Å²) in [6.07, 6.45) is 0. The predicted molar refractivity (Wildman–Crippen MR) is 158 cm³/mol. The van der Waals surface area contributed by atoms with Crippen LogP contribution in [-0.4, -0.2) is 50.9 Å². The molecule has 0 aliphatic rings. The zero-order chi connectivity index (χ0) is 29.6. The molecule has 2 amide bonds. The van der Waals surface area contributed by atoms with Crippen LogP contribution in [-0.2, 0) is 26.2 Å². The molecule has 8 nitrogen and oxygen atoms in total. The first-order chi connectivity index (χ1) is 18.9. The van der Waals surface area contributed by atoms with E-state index in [4.69, 9.17) is 27.9 Å². The molecule has 214 valence electrons. The molecule has 0 aliphatic heterocycles. The van der Waals surface area contributed by atoms with Crippen molar-refractivity contribution in [2.24, 2.45) is 0 Å². The molecule has 1 atom stereocenters. The number of carbonyl (C=O) groups excluding carboxylic acids is 2. The number of halogens is 2. The monoisotopic (exact) mass is 605 g/mol. The van der Waals surface area contributed by atoms with Gasteiger partial charge in [0.25, 0.3) is 10.0 Å². The molecule has 0 aliphatic carbocycles. The highest BCUT2D eigenvalue weighted by molar-refractivity contribution is 7.92. The second-order valence-corrected chi connectivity index (χ2v) is 12.2. The molecule has 0 unspecified atom stereocenters. The predicted octanol–water partition coefficient (Wildman–Crippen LogP) is 5.45. The van der Waals surface area contributed by atoms with Crippen LogP contribution in [0.25, 0.3) is 0 Å². The number of ether oxygens (including phenoxy) is 1. The van der Waals surface area contributed by atoms with Gasteiger partial charge in [0.15, 0.2) is 0 Å². The lowest BCUT2D eigenvalue weighted by atomic mass is 10.1. The number of aryl methyl sites for hydroxylation is 1. The summed E-state index contributed by atoms with van der Waals surface area (Å²) in [6, 6.07) is 16.7. The van der Waals surface area contributed by atoms with Gasteiger partial charge in [-0.3, -0.25) is 13.9 Å². The molecule has 3 aromatic rings. The Hall–Kier alpha value is -3.27. The molecular weight excluding hydrogens is 573 g/mol. The quantitative estimate of drug-likeness (QED) is 0.313. The number of rotatable bonds is 11. The maximum absolute atomic E-state index is 14.1. The van der Waals surface area contributed by atoms with Gasteiger partial charge in [0.05, 0.1) is 17.7 Å². The first kappa shape index (κ1) is 31.3. The second kappa shape index (κ2) is 13.4. The Morgan fingerprint density at radius 3 is 2.15 bits per heavy atom. The molecule has 0 aromatic heterocycles. The number of nitrogens with one attached hydrogen (secondary N) is 1. The zero-order valence-corrected chi connectivity index (χ0v) is 25.3. The van der Waals surface area contributed by atoms with Crippen molar-refractivity contribution in [2.45, 2.75) is 51.2 Å². The summed E-state index contributed by atoms with van der Waals surface area (Å²) >= 11 is 12.8. The van der Waals surface area contributed by atoms with E-state index in [-0.39, 0.29) is 28.9 Å². The van der Waals surface area contributed by atoms with Crippen LogP contribution in [0.3, 0.4) is 0 Å². The van der Waals surface area contributed by atoms with Crippen molar-refractivity contribution in [3.05, 3.63) is 87.9 Å². The molecule has 0 heterocycles. The fourth-order valence-electron chi connectivity index (χ4n) is 4.07. The Bertz CT molecular complexity index is 1450. The fraction of sp³-hybridized carbons (Fsp3) is 0.310. The number of hydrogen-bond acceptors (Lipinski definition) is 5. The van der Waals surface area contributed by atoms with Crippen LogP contribution in [0.15, 0.2) is 71.6 Å². The SMILES string of the molecule is COc1ccc(C)cc1N(CC(=O)N(Cc1c(Cl)cccc1Cl)[C@@H](C)C(=O)NC(C)C)S(=O)(=O)c1ccccc1. The van der Waals surface area contributed by atoms with E-state index in [2.05, 4.69) is 5.32 Å². The Morgan fingerprint density at radius 1 is 0.950 bits per heavy atom. The van der Waals surface area contributed by atoms with Gasteiger partial charge >= 0.3 is 0 Å². The number of nitrogens with zero attached hydrogens (tertiary/aromatic N) is 2. The minimum absolute atomic E-state index is 0.00217. The van der Waals surface area contributed by atoms with Gasteiger partial charge in [-0.1, -0.05) is 53.5 Å². The molecule has 0 saturated heterocycles. The van der Waals surface area contributed by atoms with Gasteiger partial charge in [0.2, 0.25) is 11.8 Å². The Kier molecular flexibility index (Phi) is 10.5. The summed E-state index contributed by atoms with van der Waals surface area (Å²) in [4.78, 5) is 28.4. The van der Waals surface area contributed by atoms with Crippen molar-refractivity contribution >= 4 is 50.7 Å². The topological polar surface area (TPSA) is 96.0 Å². The van der Waals surface area contributed by atoms with Gasteiger partial charge in [-0.25, -0.2) is 8.42 Å². The van der Waals surface area contributed by atoms with E-state index in [1.165, 1.54) is 24.1 Å². The lowest BCUT2D eigenvalue weighted by molar-refractivity contribution is -0.139. The van der Waals surface area contributed by atoms with Crippen molar-refractivity contribution in [3.63, 3.8) is 0 Å². The van der Waals surface area contributed by atoms with Crippen LogP contribution in [0, 0.1) is 6.92 Å². The van der Waals surface area contributed by atoms with Crippen molar-refractivity contribution in [3.8, 4) is 5.75 Å². The van der Waals surface area contributed by atoms with Crippen molar-refractivity contribution < 1.29 is 22.7 Å². The van der Waals surface area contributed by atoms with E-state index in [1.54, 1.807) is 75.4 Å². The molecule has 40 heavy (non-hydrogen) atoms. The van der Waals surface area contributed by atoms with E-state index in [9.17, 15) is 18.0 Å². The van der Waals surface area contributed by atoms with Gasteiger partial charge < -0.3 is 15.0 Å². The average Bonchev–Trinajstić information content (AvgIpc) is 2.91. The molecule has 0 fully saturated rings. The molecule has 1 N–H and O–H groups in total. The third-order valence-electron chi connectivity index (χ3n) is 6.20. The largest absolute Gasteiger partial charge is 0.495 e. The minimum Gasteiger partial charge on any atom is -0.495 e. The lowest BCUT2D eigenvalue weighted by Gasteiger charge is -2.33. The van der Waals surface area contributed by atoms with Crippen molar-refractivity contribution in [2.75, 3.05) is 18.0 Å². The first-order valence-corrected chi connectivity index (χ1v) is 14.8. The highest BCUT2D eigenvalue weighted by Crippen LogP contribution is 2.34. The van der Waals surface area contributed by atoms with Crippen molar-refractivity contribution in [1.29, 1.82) is 0 Å². The molecule has 3 aromatic carbocycles. The summed E-state index contributed by atoms with van der Waals surface area (Å²) in [6.45, 7) is 6.26. The maximum Gasteiger partial charge on any atom is 0.264 e. The first-order valence-electron chi connectivity index (χ1n) is 12.6. The number of sulfonamides is 1. The normalized spacial score (nSPS) is 12.1. The minimum atomic E-state index is -4.23. The fourth-order valence-corrected chi connectivity index (χ4v) is 6.02. The summed E-state index contributed by atoms with van der Waals surface area (Å²) in [7, 11) is -2.81. The van der Waals surface area contributed by atoms with E-state index in [0.717, 1.165) is 9.87 Å². The van der Waals surface area contributed by atoms with Crippen LogP contribution < -0.4 is 14.4 Å². The number of amides is 2. The van der Waals surface area contributed by atoms with Crippen LogP contribution >= 0.6 is 23.2 Å². The summed E-state index contributed by atoms with van der Waals surface area (Å²) in [5, 5.41) is 3.44. The molecule has 0 spiro atoms. The molecule has 3 rings (SSSR count). The van der Waals surface area contributed by atoms with E-state index in [1.807, 2.05) is 6.92 Å². The van der Waals surface area contributed by atoms with Crippen molar-refractivity contribution in [1.82, 2.24) is 10.2 Å². The molecule has 0 saturated carbocycles. The number of hydrogen-bond donors (Lipinski definition) is 1. The highest BCUT2D eigenvalue weighted by Gasteiger charge is 2.34. The second-order valence-electron chi connectivity index (χ2n) is 9.56. The molecule has 11 heteroatoms. The standard InChI is InChI=1S/C29H33Cl2N3O5S/c1-19(2)32-29(36)21(4)33(17-23-24(30)12-9-13-25(23)31)28(35)18-34(26-16-20(3)14-15-27(26)39-5)40(37,38)22-10-7-6-8-11-22/h6-16,19,21H,17-18H2,1-5H3,(H,32,36)/t21-/m0/s1. The van der Waals surface area contributed by atoms with E-state index in [0.29, 0.717) is 15.6 Å². The summed E-state index contributed by atoms with van der Waals surface area (Å²) < 4.78 is 34.4. The summed E-state index contributed by atoms with van der Waals surface area (Å²) in [5.41, 5.74) is 1.39. The van der Waals surface area contributed by atoms with Crippen LogP contribution in [0.2, 0.25) is 10.0 Å². The van der Waals surface area contributed by atoms with Crippen LogP contribution in [0.4, 0.5) is 5.69 Å². The average molecular weight is 607 g/mol. The number of benzene rings is 3. The molecule has 0 radical (unpaired) electrons. The van der Waals surface area contributed by atoms with Gasteiger partial charge in [0.1, 0.15) is 18.3 Å². The maximum atomic E-state index is 14.1. The number of carbonyl (C=O) groups is 2. The summed E-state index contributed by atoms with van der Waals surface area (Å²) in [5.74, 6) is -0.771. The van der Waals surface area contributed by atoms with E-state index < -0.39 is 34.4 Å². The Labute approximate surface area is 245 Å². The van der Waals surface area contributed by atoms with Crippen LogP contribution in [0.5, 0.6) is 5.75 Å². The van der Waals surface area contributed by atoms with Gasteiger partial charge in [-0.2, -0.15) is 0 Å². The van der Waals surface area contributed by atoms with Gasteiger partial charge in [0, 0.05) is 28.2 Å². The smallest absolute Gasteiger partial charge is 0.264 e. The third-order valence-corrected chi connectivity index (χ3v) is 8.68. The molecule has 0 bridgehead atoms. The highest BCUT2D eigenvalue weighted by atomic mass is 35.5. The van der Waals surface area contributed by atoms with E-state index >= 15 is 0 Å². The number of methoxy groups -OCH3 is 1. The van der Waals surface area contributed by atoms with Gasteiger partial charge in [-0.15, -0.1) is 0 Å². The Morgan fingerprint density at radius 2 is 1.57 bits per heavy atom.